The van der Waals surface area contributed by atoms with E-state index in [4.69, 9.17) is 0 Å². The van der Waals surface area contributed by atoms with E-state index in [0.29, 0.717) is 11.6 Å². The maximum atomic E-state index is 12.9. The van der Waals surface area contributed by atoms with Crippen LogP contribution in [0, 0.1) is 0 Å². The van der Waals surface area contributed by atoms with Crippen LogP contribution in [0.2, 0.25) is 0 Å². The molecule has 2 aromatic carbocycles. The van der Waals surface area contributed by atoms with Gasteiger partial charge in [0.15, 0.2) is 16.8 Å². The Kier molecular flexibility index (Phi) is 4.43. The molecule has 7 nitrogen and oxygen atoms in total. The number of nitrogens with one attached hydrogen (secondary N) is 2. The molecule has 2 aromatic heterocycles. The van der Waals surface area contributed by atoms with Crippen molar-refractivity contribution in [2.75, 3.05) is 11.1 Å². The van der Waals surface area contributed by atoms with Gasteiger partial charge in [0.25, 0.3) is 0 Å². The number of Topliss-reactive ketones (excluding diaryl/α,β-unsaturated/α-hetero) is 1. The van der Waals surface area contributed by atoms with Crippen LogP contribution in [0.3, 0.4) is 0 Å². The topological polar surface area (TPSA) is 92.7 Å². The molecule has 0 bridgehead atoms. The smallest absolute Gasteiger partial charge is 0.231 e. The molecule has 0 radical (unpaired) electrons. The van der Waals surface area contributed by atoms with Crippen molar-refractivity contribution < 1.29 is 9.59 Å². The monoisotopic (exact) mass is 443 g/mol. The van der Waals surface area contributed by atoms with E-state index in [-0.39, 0.29) is 23.4 Å². The molecule has 4 aromatic rings. The fourth-order valence-corrected chi connectivity index (χ4v) is 5.18. The number of aromatic nitrogens is 4. The molecule has 0 spiro atoms. The molecule has 32 heavy (non-hydrogen) atoms. The van der Waals surface area contributed by atoms with Gasteiger partial charge >= 0.3 is 0 Å². The third kappa shape index (κ3) is 3.14. The standard InChI is InChI=1S/C24H21N5O2S/c1-13-17-10-14(6-9-20(17)26-23(13)31)21(30)12-32-24-28-27-22(29(24)15-7-8-15)18-11-25-19-5-3-2-4-16(18)19/h2-6,9-11,13,15,25H,7-8,12H2,1H3,(H,26,31). The first kappa shape index (κ1) is 19.3. The van der Waals surface area contributed by atoms with Crippen LogP contribution in [-0.4, -0.2) is 37.2 Å². The molecule has 8 heteroatoms. The Balaban J connectivity index is 1.26. The molecule has 1 fully saturated rings. The molecule has 1 atom stereocenters. The average Bonchev–Trinajstić information content (AvgIpc) is 3.31. The van der Waals surface area contributed by atoms with Gasteiger partial charge in [0.05, 0.1) is 11.7 Å². The van der Waals surface area contributed by atoms with Crippen LogP contribution in [0.1, 0.15) is 47.6 Å². The van der Waals surface area contributed by atoms with E-state index in [1.54, 1.807) is 6.07 Å². The summed E-state index contributed by atoms with van der Waals surface area (Å²) in [5.41, 5.74) is 4.39. The summed E-state index contributed by atoms with van der Waals surface area (Å²) in [4.78, 5) is 28.1. The van der Waals surface area contributed by atoms with E-state index in [1.807, 2.05) is 43.5 Å². The Bertz CT molecular complexity index is 1380. The predicted octanol–water partition coefficient (Wildman–Crippen LogP) is 4.79. The Hall–Kier alpha value is -3.39. The third-order valence-electron chi connectivity index (χ3n) is 6.23. The number of fused-ring (bicyclic) bond motifs is 2. The number of thioether (sulfide) groups is 1. The van der Waals surface area contributed by atoms with Gasteiger partial charge in [-0.3, -0.25) is 14.2 Å². The number of anilines is 1. The summed E-state index contributed by atoms with van der Waals surface area (Å²) in [7, 11) is 0. The minimum Gasteiger partial charge on any atom is -0.360 e. The van der Waals surface area contributed by atoms with Gasteiger partial charge in [-0.05, 0) is 49.6 Å². The maximum Gasteiger partial charge on any atom is 0.231 e. The molecule has 0 saturated heterocycles. The fraction of sp³-hybridized carbons (Fsp3) is 0.250. The molecular formula is C24H21N5O2S. The minimum absolute atomic E-state index is 0.0170. The number of para-hydroxylation sites is 1. The molecule has 6 rings (SSSR count). The molecule has 160 valence electrons. The lowest BCUT2D eigenvalue weighted by Gasteiger charge is -2.09. The lowest BCUT2D eigenvalue weighted by molar-refractivity contribution is -0.116. The normalized spacial score (nSPS) is 17.5. The molecule has 2 aliphatic rings. The second kappa shape index (κ2) is 7.34. The zero-order valence-corrected chi connectivity index (χ0v) is 18.3. The summed E-state index contributed by atoms with van der Waals surface area (Å²) in [5.74, 6) is 0.871. The van der Waals surface area contributed by atoms with Crippen LogP contribution in [-0.2, 0) is 4.79 Å². The number of H-pyrrole nitrogens is 1. The van der Waals surface area contributed by atoms with Crippen LogP contribution in [0.15, 0.2) is 53.8 Å². The van der Waals surface area contributed by atoms with Gasteiger partial charge in [0, 0.05) is 40.0 Å². The van der Waals surface area contributed by atoms with Crippen LogP contribution in [0.4, 0.5) is 5.69 Å². The van der Waals surface area contributed by atoms with Crippen molar-refractivity contribution in [2.24, 2.45) is 0 Å². The highest BCUT2D eigenvalue weighted by atomic mass is 32.2. The number of amides is 1. The largest absolute Gasteiger partial charge is 0.360 e. The van der Waals surface area contributed by atoms with Crippen molar-refractivity contribution in [3.63, 3.8) is 0 Å². The first-order chi connectivity index (χ1) is 15.6. The van der Waals surface area contributed by atoms with Crippen molar-refractivity contribution in [3.05, 3.63) is 59.8 Å². The Morgan fingerprint density at radius 2 is 2.03 bits per heavy atom. The summed E-state index contributed by atoms with van der Waals surface area (Å²) in [6.45, 7) is 1.86. The Labute approximate surface area is 188 Å². The van der Waals surface area contributed by atoms with E-state index in [9.17, 15) is 9.59 Å². The molecule has 1 aliphatic carbocycles. The van der Waals surface area contributed by atoms with Gasteiger partial charge in [-0.25, -0.2) is 0 Å². The lowest BCUT2D eigenvalue weighted by atomic mass is 9.99. The van der Waals surface area contributed by atoms with Gasteiger partial charge in [0.1, 0.15) is 0 Å². The molecule has 1 unspecified atom stereocenters. The van der Waals surface area contributed by atoms with Crippen LogP contribution < -0.4 is 5.32 Å². The van der Waals surface area contributed by atoms with Crippen LogP contribution in [0.5, 0.6) is 0 Å². The summed E-state index contributed by atoms with van der Waals surface area (Å²) in [5, 5.41) is 13.7. The summed E-state index contributed by atoms with van der Waals surface area (Å²) < 4.78 is 2.18. The SMILES string of the molecule is CC1C(=O)Nc2ccc(C(=O)CSc3nnc(-c4c[nH]c5ccccc45)n3C3CC3)cc21. The second-order valence-corrected chi connectivity index (χ2v) is 9.32. The maximum absolute atomic E-state index is 12.9. The lowest BCUT2D eigenvalue weighted by Crippen LogP contribution is -2.08. The van der Waals surface area contributed by atoms with Gasteiger partial charge < -0.3 is 10.3 Å². The quantitative estimate of drug-likeness (QED) is 0.330. The average molecular weight is 444 g/mol. The van der Waals surface area contributed by atoms with E-state index in [0.717, 1.165) is 51.5 Å². The third-order valence-corrected chi connectivity index (χ3v) is 7.17. The van der Waals surface area contributed by atoms with Crippen molar-refractivity contribution in [1.82, 2.24) is 19.7 Å². The van der Waals surface area contributed by atoms with Crippen LogP contribution >= 0.6 is 11.8 Å². The van der Waals surface area contributed by atoms with E-state index in [1.165, 1.54) is 11.8 Å². The van der Waals surface area contributed by atoms with Crippen molar-refractivity contribution in [1.29, 1.82) is 0 Å². The Morgan fingerprint density at radius 3 is 2.88 bits per heavy atom. The first-order valence-corrected chi connectivity index (χ1v) is 11.7. The summed E-state index contributed by atoms with van der Waals surface area (Å²) >= 11 is 1.42. The molecule has 1 aliphatic heterocycles. The highest BCUT2D eigenvalue weighted by Gasteiger charge is 2.31. The van der Waals surface area contributed by atoms with Crippen molar-refractivity contribution >= 4 is 40.0 Å². The van der Waals surface area contributed by atoms with Gasteiger partial charge in [0.2, 0.25) is 5.91 Å². The molecule has 3 heterocycles. The zero-order valence-electron chi connectivity index (χ0n) is 17.5. The zero-order chi connectivity index (χ0) is 21.8. The predicted molar refractivity (Wildman–Crippen MR) is 124 cm³/mol. The van der Waals surface area contributed by atoms with Gasteiger partial charge in [-0.15, -0.1) is 10.2 Å². The fourth-order valence-electron chi connectivity index (χ4n) is 4.28. The van der Waals surface area contributed by atoms with Crippen LogP contribution in [0.25, 0.3) is 22.3 Å². The van der Waals surface area contributed by atoms with E-state index in [2.05, 4.69) is 31.1 Å². The number of aromatic amines is 1. The van der Waals surface area contributed by atoms with Crippen molar-refractivity contribution in [2.45, 2.75) is 36.9 Å². The summed E-state index contributed by atoms with van der Waals surface area (Å²) in [6, 6.07) is 14.0. The highest BCUT2D eigenvalue weighted by molar-refractivity contribution is 7.99. The number of nitrogens with zero attached hydrogens (tertiary/aromatic N) is 3. The summed E-state index contributed by atoms with van der Waals surface area (Å²) in [6.07, 6.45) is 4.17. The Morgan fingerprint density at radius 1 is 1.19 bits per heavy atom. The van der Waals surface area contributed by atoms with Gasteiger partial charge in [-0.2, -0.15) is 0 Å². The number of hydrogen-bond donors (Lipinski definition) is 2. The second-order valence-electron chi connectivity index (χ2n) is 8.38. The molecule has 1 saturated carbocycles. The number of hydrogen-bond acceptors (Lipinski definition) is 5. The number of ketones is 1. The molecule has 2 N–H and O–H groups in total. The number of carbonyl (C=O) groups is 2. The van der Waals surface area contributed by atoms with E-state index >= 15 is 0 Å². The molecule has 1 amide bonds. The van der Waals surface area contributed by atoms with E-state index < -0.39 is 0 Å². The highest BCUT2D eigenvalue weighted by Crippen LogP contribution is 2.42. The number of benzene rings is 2. The molecular weight excluding hydrogens is 422 g/mol. The van der Waals surface area contributed by atoms with Crippen molar-refractivity contribution in [3.8, 4) is 11.4 Å². The number of carbonyl (C=O) groups excluding carboxylic acids is 2. The number of rotatable bonds is 6. The minimum atomic E-state index is -0.234. The van der Waals surface area contributed by atoms with Gasteiger partial charge in [-0.1, -0.05) is 30.0 Å². The first-order valence-electron chi connectivity index (χ1n) is 10.7.